The Bertz CT molecular complexity index is 228. The smallest absolute Gasteiger partial charge is 0.186 e. The zero-order valence-corrected chi connectivity index (χ0v) is 7.69. The predicted octanol–water partition coefficient (Wildman–Crippen LogP) is 1.22. The first-order chi connectivity index (χ1) is 5.24. The maximum atomic E-state index is 8.61. The van der Waals surface area contributed by atoms with E-state index in [1.54, 1.807) is 6.20 Å². The number of likely N-dealkylation sites (N-methyl/N-ethyl adjacent to an activating group) is 1. The highest BCUT2D eigenvalue weighted by Gasteiger charge is 2.03. The number of halogens is 1. The van der Waals surface area contributed by atoms with Crippen molar-refractivity contribution in [3.8, 4) is 0 Å². The number of thiazole rings is 1. The SMILES string of the molecule is CN(CCO)c1ncc(Cl)s1. The molecule has 0 fully saturated rings. The van der Waals surface area contributed by atoms with Gasteiger partial charge in [-0.25, -0.2) is 4.98 Å². The molecule has 0 aromatic carbocycles. The fourth-order valence-corrected chi connectivity index (χ4v) is 1.56. The van der Waals surface area contributed by atoms with E-state index >= 15 is 0 Å². The Morgan fingerprint density at radius 1 is 1.82 bits per heavy atom. The Hall–Kier alpha value is -0.320. The van der Waals surface area contributed by atoms with Crippen molar-refractivity contribution in [1.29, 1.82) is 0 Å². The zero-order valence-electron chi connectivity index (χ0n) is 6.12. The first-order valence-electron chi connectivity index (χ1n) is 3.17. The molecule has 5 heteroatoms. The molecular weight excluding hydrogens is 184 g/mol. The van der Waals surface area contributed by atoms with Gasteiger partial charge >= 0.3 is 0 Å². The number of anilines is 1. The molecular formula is C6H9ClN2OS. The molecule has 3 nitrogen and oxygen atoms in total. The van der Waals surface area contributed by atoms with E-state index in [9.17, 15) is 0 Å². The lowest BCUT2D eigenvalue weighted by Crippen LogP contribution is -2.20. The third kappa shape index (κ3) is 2.32. The molecule has 11 heavy (non-hydrogen) atoms. The summed E-state index contributed by atoms with van der Waals surface area (Å²) in [5.41, 5.74) is 0. The van der Waals surface area contributed by atoms with Crippen molar-refractivity contribution >= 4 is 28.1 Å². The molecule has 0 unspecified atom stereocenters. The number of aromatic nitrogens is 1. The maximum Gasteiger partial charge on any atom is 0.186 e. The molecule has 1 aromatic heterocycles. The summed E-state index contributed by atoms with van der Waals surface area (Å²) in [5.74, 6) is 0. The zero-order chi connectivity index (χ0) is 8.27. The topological polar surface area (TPSA) is 36.4 Å². The average Bonchev–Trinajstić information content (AvgIpc) is 2.36. The van der Waals surface area contributed by atoms with Gasteiger partial charge < -0.3 is 10.0 Å². The van der Waals surface area contributed by atoms with Crippen LogP contribution >= 0.6 is 22.9 Å². The summed E-state index contributed by atoms with van der Waals surface area (Å²) in [6, 6.07) is 0. The van der Waals surface area contributed by atoms with Crippen LogP contribution in [-0.2, 0) is 0 Å². The number of hydrogen-bond acceptors (Lipinski definition) is 4. The molecule has 0 atom stereocenters. The Kier molecular flexibility index (Phi) is 3.11. The molecule has 1 N–H and O–H groups in total. The lowest BCUT2D eigenvalue weighted by Gasteiger charge is -2.12. The van der Waals surface area contributed by atoms with Crippen LogP contribution in [0.4, 0.5) is 5.13 Å². The monoisotopic (exact) mass is 192 g/mol. The van der Waals surface area contributed by atoms with Crippen molar-refractivity contribution in [3.05, 3.63) is 10.5 Å². The van der Waals surface area contributed by atoms with E-state index in [2.05, 4.69) is 4.98 Å². The molecule has 0 amide bonds. The molecule has 0 aliphatic carbocycles. The highest BCUT2D eigenvalue weighted by atomic mass is 35.5. The van der Waals surface area contributed by atoms with Gasteiger partial charge in [-0.2, -0.15) is 0 Å². The summed E-state index contributed by atoms with van der Waals surface area (Å²) in [4.78, 5) is 5.89. The highest BCUT2D eigenvalue weighted by Crippen LogP contribution is 2.24. The first kappa shape index (κ1) is 8.77. The molecule has 1 heterocycles. The molecule has 0 radical (unpaired) electrons. The summed E-state index contributed by atoms with van der Waals surface area (Å²) in [7, 11) is 1.87. The maximum absolute atomic E-state index is 8.61. The number of rotatable bonds is 3. The number of nitrogens with zero attached hydrogens (tertiary/aromatic N) is 2. The Morgan fingerprint density at radius 2 is 2.55 bits per heavy atom. The largest absolute Gasteiger partial charge is 0.395 e. The predicted molar refractivity (Wildman–Crippen MR) is 47.5 cm³/mol. The second kappa shape index (κ2) is 3.90. The van der Waals surface area contributed by atoms with Crippen LogP contribution in [0.25, 0.3) is 0 Å². The van der Waals surface area contributed by atoms with Crippen LogP contribution in [0.1, 0.15) is 0 Å². The summed E-state index contributed by atoms with van der Waals surface area (Å²) < 4.78 is 0.671. The third-order valence-electron chi connectivity index (χ3n) is 1.23. The van der Waals surface area contributed by atoms with Crippen molar-refractivity contribution in [3.63, 3.8) is 0 Å². The van der Waals surface area contributed by atoms with E-state index in [1.165, 1.54) is 11.3 Å². The molecule has 0 spiro atoms. The lowest BCUT2D eigenvalue weighted by molar-refractivity contribution is 0.304. The highest BCUT2D eigenvalue weighted by molar-refractivity contribution is 7.19. The summed E-state index contributed by atoms with van der Waals surface area (Å²) in [6.45, 7) is 0.720. The molecule has 0 bridgehead atoms. The van der Waals surface area contributed by atoms with Crippen molar-refractivity contribution in [2.75, 3.05) is 25.1 Å². The second-order valence-corrected chi connectivity index (χ2v) is 3.73. The van der Waals surface area contributed by atoms with Crippen LogP contribution in [0.3, 0.4) is 0 Å². The van der Waals surface area contributed by atoms with Crippen LogP contribution in [0.2, 0.25) is 4.34 Å². The molecule has 1 rings (SSSR count). The van der Waals surface area contributed by atoms with Crippen molar-refractivity contribution < 1.29 is 5.11 Å². The fourth-order valence-electron chi connectivity index (χ4n) is 0.668. The van der Waals surface area contributed by atoms with Gasteiger partial charge in [0.05, 0.1) is 12.8 Å². The third-order valence-corrected chi connectivity index (χ3v) is 2.46. The van der Waals surface area contributed by atoms with Gasteiger partial charge in [0.25, 0.3) is 0 Å². The van der Waals surface area contributed by atoms with Crippen LogP contribution in [0.5, 0.6) is 0 Å². The van der Waals surface area contributed by atoms with Crippen LogP contribution in [-0.4, -0.2) is 30.3 Å². The number of aliphatic hydroxyl groups is 1. The fraction of sp³-hybridized carbons (Fsp3) is 0.500. The normalized spacial score (nSPS) is 10.1. The minimum absolute atomic E-state index is 0.133. The van der Waals surface area contributed by atoms with Gasteiger partial charge in [-0.3, -0.25) is 0 Å². The van der Waals surface area contributed by atoms with E-state index < -0.39 is 0 Å². The summed E-state index contributed by atoms with van der Waals surface area (Å²) >= 11 is 7.08. The van der Waals surface area contributed by atoms with Gasteiger partial charge in [-0.05, 0) is 0 Å². The molecule has 62 valence electrons. The minimum Gasteiger partial charge on any atom is -0.395 e. The second-order valence-electron chi connectivity index (χ2n) is 2.09. The lowest BCUT2D eigenvalue weighted by atomic mass is 10.6. The van der Waals surface area contributed by atoms with E-state index in [0.29, 0.717) is 10.9 Å². The van der Waals surface area contributed by atoms with Crippen molar-refractivity contribution in [2.24, 2.45) is 0 Å². The van der Waals surface area contributed by atoms with Crippen LogP contribution < -0.4 is 4.90 Å². The van der Waals surface area contributed by atoms with Gasteiger partial charge in [0.15, 0.2) is 5.13 Å². The van der Waals surface area contributed by atoms with Crippen LogP contribution in [0.15, 0.2) is 6.20 Å². The van der Waals surface area contributed by atoms with Crippen molar-refractivity contribution in [1.82, 2.24) is 4.98 Å². The van der Waals surface area contributed by atoms with Gasteiger partial charge in [0.2, 0.25) is 0 Å². The quantitative estimate of drug-likeness (QED) is 0.783. The first-order valence-corrected chi connectivity index (χ1v) is 4.37. The summed E-state index contributed by atoms with van der Waals surface area (Å²) in [6.07, 6.45) is 1.61. The molecule has 0 saturated heterocycles. The number of aliphatic hydroxyl groups excluding tert-OH is 1. The molecule has 0 aliphatic heterocycles. The van der Waals surface area contributed by atoms with Crippen LogP contribution in [0, 0.1) is 0 Å². The number of hydrogen-bond donors (Lipinski definition) is 1. The summed E-state index contributed by atoms with van der Waals surface area (Å²) in [5, 5.41) is 9.44. The van der Waals surface area contributed by atoms with Gasteiger partial charge in [-0.1, -0.05) is 22.9 Å². The van der Waals surface area contributed by atoms with E-state index in [1.807, 2.05) is 11.9 Å². The molecule has 0 saturated carbocycles. The standard InChI is InChI=1S/C6H9ClN2OS/c1-9(2-3-10)6-8-4-5(7)11-6/h4,10H,2-3H2,1H3. The Balaban J connectivity index is 2.60. The molecule has 1 aromatic rings. The average molecular weight is 193 g/mol. The Labute approximate surface area is 74.2 Å². The van der Waals surface area contributed by atoms with Gasteiger partial charge in [0, 0.05) is 13.6 Å². The van der Waals surface area contributed by atoms with E-state index in [0.717, 1.165) is 5.13 Å². The van der Waals surface area contributed by atoms with Crippen molar-refractivity contribution in [2.45, 2.75) is 0 Å². The van der Waals surface area contributed by atoms with Gasteiger partial charge in [0.1, 0.15) is 4.34 Å². The Morgan fingerprint density at radius 3 is 3.00 bits per heavy atom. The molecule has 0 aliphatic rings. The minimum atomic E-state index is 0.133. The van der Waals surface area contributed by atoms with E-state index in [-0.39, 0.29) is 6.61 Å². The van der Waals surface area contributed by atoms with E-state index in [4.69, 9.17) is 16.7 Å². The van der Waals surface area contributed by atoms with Gasteiger partial charge in [-0.15, -0.1) is 0 Å².